The van der Waals surface area contributed by atoms with Crippen molar-refractivity contribution in [1.29, 1.82) is 0 Å². The highest BCUT2D eigenvalue weighted by Crippen LogP contribution is 2.15. The molecule has 0 aliphatic rings. The summed E-state index contributed by atoms with van der Waals surface area (Å²) in [5.41, 5.74) is 1.48. The van der Waals surface area contributed by atoms with Crippen LogP contribution in [0.2, 0.25) is 0 Å². The van der Waals surface area contributed by atoms with Gasteiger partial charge in [0.15, 0.2) is 0 Å². The van der Waals surface area contributed by atoms with Crippen LogP contribution in [-0.4, -0.2) is 14.9 Å². The minimum Gasteiger partial charge on any atom is -0.390 e. The van der Waals surface area contributed by atoms with Gasteiger partial charge in [-0.2, -0.15) is 5.10 Å². The fourth-order valence-corrected chi connectivity index (χ4v) is 1.95. The Kier molecular flexibility index (Phi) is 3.40. The highest BCUT2D eigenvalue weighted by molar-refractivity contribution is 9.10. The van der Waals surface area contributed by atoms with E-state index in [4.69, 9.17) is 5.11 Å². The van der Waals surface area contributed by atoms with E-state index >= 15 is 0 Å². The van der Waals surface area contributed by atoms with Crippen molar-refractivity contribution < 1.29 is 5.11 Å². The Bertz CT molecular complexity index is 608. The Balaban J connectivity index is 2.63. The summed E-state index contributed by atoms with van der Waals surface area (Å²) in [5.74, 6) is 0. The molecular weight excluding hydrogens is 284 g/mol. The molecule has 0 spiro atoms. The Morgan fingerprint density at radius 3 is 2.82 bits per heavy atom. The molecule has 88 valence electrons. The second kappa shape index (κ2) is 4.81. The molecule has 1 aromatic heterocycles. The third-order valence-corrected chi connectivity index (χ3v) is 2.87. The quantitative estimate of drug-likeness (QED) is 0.919. The van der Waals surface area contributed by atoms with Gasteiger partial charge in [-0.3, -0.25) is 4.79 Å². The second-order valence-corrected chi connectivity index (χ2v) is 4.56. The molecule has 1 aromatic carbocycles. The molecule has 0 aliphatic heterocycles. The molecule has 0 fully saturated rings. The number of aliphatic hydroxyl groups excluding tert-OH is 1. The van der Waals surface area contributed by atoms with E-state index in [1.807, 2.05) is 24.3 Å². The molecule has 0 radical (unpaired) electrons. The number of halogens is 1. The average Bonchev–Trinajstić information content (AvgIpc) is 2.29. The first-order valence-electron chi connectivity index (χ1n) is 5.08. The van der Waals surface area contributed by atoms with Gasteiger partial charge in [0.05, 0.1) is 12.3 Å². The molecule has 0 bridgehead atoms. The summed E-state index contributed by atoms with van der Waals surface area (Å²) in [6, 6.07) is 9.05. The third-order valence-electron chi connectivity index (χ3n) is 2.38. The van der Waals surface area contributed by atoms with E-state index in [1.165, 1.54) is 6.07 Å². The van der Waals surface area contributed by atoms with E-state index in [2.05, 4.69) is 21.0 Å². The number of benzene rings is 1. The molecule has 1 N–H and O–H groups in total. The molecule has 5 heteroatoms. The lowest BCUT2D eigenvalue weighted by molar-refractivity contribution is 0.273. The Labute approximate surface area is 107 Å². The van der Waals surface area contributed by atoms with Crippen molar-refractivity contribution in [3.8, 4) is 5.69 Å². The van der Waals surface area contributed by atoms with Crippen LogP contribution in [0.4, 0.5) is 0 Å². The maximum absolute atomic E-state index is 11.5. The molecule has 0 saturated heterocycles. The highest BCUT2D eigenvalue weighted by atomic mass is 79.9. The smallest absolute Gasteiger partial charge is 0.206 e. The monoisotopic (exact) mass is 294 g/mol. The van der Waals surface area contributed by atoms with Crippen molar-refractivity contribution >= 4 is 15.9 Å². The minimum atomic E-state index is -0.354. The van der Waals surface area contributed by atoms with Gasteiger partial charge in [-0.1, -0.05) is 22.0 Å². The van der Waals surface area contributed by atoms with Gasteiger partial charge in [-0.05, 0) is 25.1 Å². The van der Waals surface area contributed by atoms with E-state index in [9.17, 15) is 4.79 Å². The van der Waals surface area contributed by atoms with Gasteiger partial charge in [0, 0.05) is 16.2 Å². The maximum atomic E-state index is 11.5. The average molecular weight is 295 g/mol. The lowest BCUT2D eigenvalue weighted by Gasteiger charge is -2.10. The second-order valence-electron chi connectivity index (χ2n) is 3.65. The number of aryl methyl sites for hydroxylation is 1. The summed E-state index contributed by atoms with van der Waals surface area (Å²) in [6.07, 6.45) is 0. The largest absolute Gasteiger partial charge is 0.390 e. The molecule has 0 atom stereocenters. The zero-order valence-corrected chi connectivity index (χ0v) is 10.8. The molecule has 2 rings (SSSR count). The molecule has 17 heavy (non-hydrogen) atoms. The van der Waals surface area contributed by atoms with Crippen molar-refractivity contribution in [2.24, 2.45) is 0 Å². The van der Waals surface area contributed by atoms with Gasteiger partial charge in [0.1, 0.15) is 5.69 Å². The SMILES string of the molecule is Cc1cc(=O)c(CO)nn1-c1cccc(Br)c1. The lowest BCUT2D eigenvalue weighted by Crippen LogP contribution is -2.18. The summed E-state index contributed by atoms with van der Waals surface area (Å²) in [4.78, 5) is 11.5. The van der Waals surface area contributed by atoms with Crippen molar-refractivity contribution in [3.63, 3.8) is 0 Å². The van der Waals surface area contributed by atoms with Crippen LogP contribution in [0.1, 0.15) is 11.4 Å². The minimum absolute atomic E-state index is 0.149. The first-order chi connectivity index (χ1) is 8.11. The topological polar surface area (TPSA) is 55.1 Å². The molecular formula is C12H11BrN2O2. The maximum Gasteiger partial charge on any atom is 0.206 e. The van der Waals surface area contributed by atoms with Crippen LogP contribution in [0.25, 0.3) is 5.69 Å². The number of aliphatic hydroxyl groups is 1. The summed E-state index contributed by atoms with van der Waals surface area (Å²) < 4.78 is 2.57. The fourth-order valence-electron chi connectivity index (χ4n) is 1.56. The Morgan fingerprint density at radius 2 is 2.18 bits per heavy atom. The lowest BCUT2D eigenvalue weighted by atomic mass is 10.3. The van der Waals surface area contributed by atoms with Crippen LogP contribution in [0.15, 0.2) is 39.6 Å². The number of hydrogen-bond acceptors (Lipinski definition) is 3. The summed E-state index contributed by atoms with van der Waals surface area (Å²) in [5, 5.41) is 13.2. The van der Waals surface area contributed by atoms with Gasteiger partial charge in [0.2, 0.25) is 5.43 Å². The molecule has 0 aliphatic carbocycles. The predicted molar refractivity (Wildman–Crippen MR) is 68.2 cm³/mol. The van der Waals surface area contributed by atoms with Crippen LogP contribution in [-0.2, 0) is 6.61 Å². The normalized spacial score (nSPS) is 10.5. The van der Waals surface area contributed by atoms with Crippen molar-refractivity contribution in [2.45, 2.75) is 13.5 Å². The van der Waals surface area contributed by atoms with Gasteiger partial charge >= 0.3 is 0 Å². The summed E-state index contributed by atoms with van der Waals surface area (Å²) >= 11 is 3.38. The number of hydrogen-bond donors (Lipinski definition) is 1. The molecule has 0 amide bonds. The highest BCUT2D eigenvalue weighted by Gasteiger charge is 2.06. The standard InChI is InChI=1S/C12H11BrN2O2/c1-8-5-12(17)11(7-16)14-15(8)10-4-2-3-9(13)6-10/h2-6,16H,7H2,1H3. The van der Waals surface area contributed by atoms with E-state index < -0.39 is 0 Å². The Hall–Kier alpha value is -1.46. The zero-order chi connectivity index (χ0) is 12.4. The number of nitrogens with zero attached hydrogens (tertiary/aromatic N) is 2. The van der Waals surface area contributed by atoms with Crippen LogP contribution >= 0.6 is 15.9 Å². The van der Waals surface area contributed by atoms with E-state index in [0.717, 1.165) is 15.9 Å². The van der Waals surface area contributed by atoms with Crippen LogP contribution < -0.4 is 5.43 Å². The van der Waals surface area contributed by atoms with Crippen LogP contribution in [0, 0.1) is 6.92 Å². The van der Waals surface area contributed by atoms with Gasteiger partial charge in [-0.15, -0.1) is 0 Å². The molecule has 0 saturated carbocycles. The third kappa shape index (κ3) is 2.45. The van der Waals surface area contributed by atoms with Gasteiger partial charge in [0.25, 0.3) is 0 Å². The molecule has 4 nitrogen and oxygen atoms in total. The van der Waals surface area contributed by atoms with E-state index in [-0.39, 0.29) is 17.7 Å². The Morgan fingerprint density at radius 1 is 1.41 bits per heavy atom. The zero-order valence-electron chi connectivity index (χ0n) is 9.22. The van der Waals surface area contributed by atoms with Gasteiger partial charge in [-0.25, -0.2) is 4.68 Å². The molecule has 1 heterocycles. The van der Waals surface area contributed by atoms with E-state index in [0.29, 0.717) is 0 Å². The first-order valence-corrected chi connectivity index (χ1v) is 5.88. The fraction of sp³-hybridized carbons (Fsp3) is 0.167. The van der Waals surface area contributed by atoms with Gasteiger partial charge < -0.3 is 5.11 Å². The molecule has 2 aromatic rings. The van der Waals surface area contributed by atoms with Crippen LogP contribution in [0.3, 0.4) is 0 Å². The molecule has 0 unspecified atom stereocenters. The number of rotatable bonds is 2. The van der Waals surface area contributed by atoms with Crippen molar-refractivity contribution in [3.05, 3.63) is 56.4 Å². The van der Waals surface area contributed by atoms with Crippen molar-refractivity contribution in [1.82, 2.24) is 9.78 Å². The summed E-state index contributed by atoms with van der Waals surface area (Å²) in [6.45, 7) is 1.45. The predicted octanol–water partition coefficient (Wildman–Crippen LogP) is 1.80. The summed E-state index contributed by atoms with van der Waals surface area (Å²) in [7, 11) is 0. The first kappa shape index (κ1) is 12.0. The number of aromatic nitrogens is 2. The van der Waals surface area contributed by atoms with E-state index in [1.54, 1.807) is 11.6 Å². The van der Waals surface area contributed by atoms with Crippen molar-refractivity contribution in [2.75, 3.05) is 0 Å². The van der Waals surface area contributed by atoms with Crippen LogP contribution in [0.5, 0.6) is 0 Å².